The number of rotatable bonds is 3. The van der Waals surface area contributed by atoms with Gasteiger partial charge >= 0.3 is 5.97 Å². The van der Waals surface area contributed by atoms with E-state index in [1.807, 2.05) is 0 Å². The third-order valence-electron chi connectivity index (χ3n) is 2.44. The monoisotopic (exact) mass is 328 g/mol. The molecular formula is C13H7Cl2FN2O3. The maximum Gasteiger partial charge on any atom is 0.354 e. The number of pyridine rings is 1. The van der Waals surface area contributed by atoms with Gasteiger partial charge in [0.1, 0.15) is 11.4 Å². The van der Waals surface area contributed by atoms with Crippen molar-refractivity contribution in [3.63, 3.8) is 0 Å². The molecule has 5 nitrogen and oxygen atoms in total. The summed E-state index contributed by atoms with van der Waals surface area (Å²) in [7, 11) is 0. The van der Waals surface area contributed by atoms with Crippen molar-refractivity contribution in [1.29, 1.82) is 0 Å². The summed E-state index contributed by atoms with van der Waals surface area (Å²) in [5.41, 5.74) is -0.205. The quantitative estimate of drug-likeness (QED) is 0.845. The van der Waals surface area contributed by atoms with Gasteiger partial charge in [0, 0.05) is 5.69 Å². The molecule has 1 amide bonds. The Hall–Kier alpha value is -2.18. The highest BCUT2D eigenvalue weighted by Crippen LogP contribution is 2.27. The molecule has 0 radical (unpaired) electrons. The molecule has 0 bridgehead atoms. The normalized spacial score (nSPS) is 10.2. The fourth-order valence-corrected chi connectivity index (χ4v) is 1.99. The zero-order valence-corrected chi connectivity index (χ0v) is 11.7. The van der Waals surface area contributed by atoms with Crippen LogP contribution in [0.5, 0.6) is 0 Å². The average molecular weight is 329 g/mol. The zero-order valence-electron chi connectivity index (χ0n) is 10.2. The van der Waals surface area contributed by atoms with Crippen molar-refractivity contribution in [3.05, 3.63) is 57.6 Å². The van der Waals surface area contributed by atoms with Crippen LogP contribution in [0, 0.1) is 5.82 Å². The lowest BCUT2D eigenvalue weighted by atomic mass is 10.2. The minimum Gasteiger partial charge on any atom is -0.477 e. The highest BCUT2D eigenvalue weighted by atomic mass is 35.5. The van der Waals surface area contributed by atoms with E-state index >= 15 is 0 Å². The van der Waals surface area contributed by atoms with E-state index in [0.29, 0.717) is 0 Å². The Labute approximate surface area is 128 Å². The molecule has 2 aromatic rings. The van der Waals surface area contributed by atoms with Gasteiger partial charge < -0.3 is 10.4 Å². The Kier molecular flexibility index (Phi) is 4.40. The molecule has 21 heavy (non-hydrogen) atoms. The van der Waals surface area contributed by atoms with Gasteiger partial charge in [0.2, 0.25) is 0 Å². The summed E-state index contributed by atoms with van der Waals surface area (Å²) in [4.78, 5) is 26.4. The minimum absolute atomic E-state index is 0.105. The van der Waals surface area contributed by atoms with E-state index in [1.165, 1.54) is 30.3 Å². The summed E-state index contributed by atoms with van der Waals surface area (Å²) in [6.45, 7) is 0. The predicted molar refractivity (Wildman–Crippen MR) is 75.6 cm³/mol. The van der Waals surface area contributed by atoms with Crippen LogP contribution in [-0.2, 0) is 0 Å². The zero-order chi connectivity index (χ0) is 15.6. The first-order valence-corrected chi connectivity index (χ1v) is 6.30. The number of anilines is 1. The summed E-state index contributed by atoms with van der Waals surface area (Å²) in [5, 5.41) is 10.7. The molecule has 1 aromatic carbocycles. The highest BCUT2D eigenvalue weighted by molar-refractivity contribution is 6.35. The Morgan fingerprint density at radius 3 is 2.29 bits per heavy atom. The molecule has 0 aliphatic rings. The summed E-state index contributed by atoms with van der Waals surface area (Å²) in [6.07, 6.45) is 0. The molecule has 0 aliphatic carbocycles. The van der Waals surface area contributed by atoms with Gasteiger partial charge in [-0.1, -0.05) is 29.3 Å². The van der Waals surface area contributed by atoms with Crippen LogP contribution in [0.15, 0.2) is 30.3 Å². The molecule has 0 atom stereocenters. The molecule has 0 fully saturated rings. The van der Waals surface area contributed by atoms with Crippen LogP contribution in [0.4, 0.5) is 10.1 Å². The van der Waals surface area contributed by atoms with E-state index in [1.54, 1.807) is 0 Å². The number of nitrogens with zero attached hydrogens (tertiary/aromatic N) is 1. The Balaban J connectivity index is 2.26. The number of benzene rings is 1. The first kappa shape index (κ1) is 15.2. The second kappa shape index (κ2) is 6.07. The molecule has 0 saturated carbocycles. The summed E-state index contributed by atoms with van der Waals surface area (Å²) >= 11 is 11.2. The SMILES string of the molecule is O=C(O)c1cccc(C(=O)Nc2cc(Cl)c(F)c(Cl)c2)n1. The van der Waals surface area contributed by atoms with Crippen LogP contribution in [0.1, 0.15) is 21.0 Å². The summed E-state index contributed by atoms with van der Waals surface area (Å²) in [6, 6.07) is 6.35. The third kappa shape index (κ3) is 3.48. The molecule has 0 aliphatic heterocycles. The lowest BCUT2D eigenvalue weighted by Crippen LogP contribution is -2.15. The molecule has 1 heterocycles. The minimum atomic E-state index is -1.25. The van der Waals surface area contributed by atoms with E-state index in [-0.39, 0.29) is 27.1 Å². The number of nitrogens with one attached hydrogen (secondary N) is 1. The van der Waals surface area contributed by atoms with Crippen molar-refractivity contribution in [1.82, 2.24) is 4.98 Å². The number of amides is 1. The van der Waals surface area contributed by atoms with Gasteiger partial charge in [-0.2, -0.15) is 0 Å². The van der Waals surface area contributed by atoms with E-state index in [4.69, 9.17) is 28.3 Å². The second-order valence-electron chi connectivity index (χ2n) is 3.92. The van der Waals surface area contributed by atoms with Gasteiger partial charge in [0.15, 0.2) is 5.82 Å². The van der Waals surface area contributed by atoms with Crippen LogP contribution < -0.4 is 5.32 Å². The molecule has 2 rings (SSSR count). The number of carboxylic acid groups (broad SMARTS) is 1. The van der Waals surface area contributed by atoms with Crippen molar-refractivity contribution < 1.29 is 19.1 Å². The summed E-state index contributed by atoms with van der Waals surface area (Å²) < 4.78 is 13.3. The van der Waals surface area contributed by atoms with E-state index < -0.39 is 17.7 Å². The van der Waals surface area contributed by atoms with Crippen molar-refractivity contribution in [3.8, 4) is 0 Å². The Bertz CT molecular complexity index is 714. The van der Waals surface area contributed by atoms with E-state index in [2.05, 4.69) is 10.3 Å². The smallest absolute Gasteiger partial charge is 0.354 e. The molecule has 108 valence electrons. The number of aromatic nitrogens is 1. The standard InChI is InChI=1S/C13H7Cl2FN2O3/c14-7-4-6(5-8(15)11(7)16)17-12(19)9-2-1-3-10(18-9)13(20)21/h1-5H,(H,17,19)(H,20,21). The fraction of sp³-hybridized carbons (Fsp3) is 0. The lowest BCUT2D eigenvalue weighted by Gasteiger charge is -2.07. The summed E-state index contributed by atoms with van der Waals surface area (Å²) in [5.74, 6) is -2.71. The maximum atomic E-state index is 13.3. The molecule has 2 N–H and O–H groups in total. The highest BCUT2D eigenvalue weighted by Gasteiger charge is 2.13. The van der Waals surface area contributed by atoms with Gasteiger partial charge in [0.25, 0.3) is 5.91 Å². The molecule has 0 unspecified atom stereocenters. The number of hydrogen-bond donors (Lipinski definition) is 2. The van der Waals surface area contributed by atoms with Crippen LogP contribution in [-0.4, -0.2) is 22.0 Å². The third-order valence-corrected chi connectivity index (χ3v) is 2.99. The van der Waals surface area contributed by atoms with Gasteiger partial charge in [0.05, 0.1) is 10.0 Å². The van der Waals surface area contributed by atoms with Crippen LogP contribution >= 0.6 is 23.2 Å². The Morgan fingerprint density at radius 2 is 1.71 bits per heavy atom. The molecule has 0 saturated heterocycles. The van der Waals surface area contributed by atoms with Gasteiger partial charge in [-0.25, -0.2) is 14.2 Å². The maximum absolute atomic E-state index is 13.3. The van der Waals surface area contributed by atoms with Crippen molar-refractivity contribution in [2.24, 2.45) is 0 Å². The topological polar surface area (TPSA) is 79.3 Å². The van der Waals surface area contributed by atoms with E-state index in [0.717, 1.165) is 0 Å². The number of carbonyl (C=O) groups excluding carboxylic acids is 1. The average Bonchev–Trinajstić information content (AvgIpc) is 2.44. The molecule has 8 heteroatoms. The number of halogens is 3. The predicted octanol–water partition coefficient (Wildman–Crippen LogP) is 3.48. The van der Waals surface area contributed by atoms with Crippen molar-refractivity contribution in [2.45, 2.75) is 0 Å². The molecule has 1 aromatic heterocycles. The number of hydrogen-bond acceptors (Lipinski definition) is 3. The van der Waals surface area contributed by atoms with Gasteiger partial charge in [-0.05, 0) is 24.3 Å². The van der Waals surface area contributed by atoms with Crippen molar-refractivity contribution >= 4 is 40.8 Å². The van der Waals surface area contributed by atoms with Gasteiger partial charge in [-0.3, -0.25) is 4.79 Å². The van der Waals surface area contributed by atoms with Crippen LogP contribution in [0.3, 0.4) is 0 Å². The van der Waals surface area contributed by atoms with E-state index in [9.17, 15) is 14.0 Å². The number of carboxylic acids is 1. The first-order valence-electron chi connectivity index (χ1n) is 5.54. The second-order valence-corrected chi connectivity index (χ2v) is 4.74. The Morgan fingerprint density at radius 1 is 1.14 bits per heavy atom. The molecule has 0 spiro atoms. The lowest BCUT2D eigenvalue weighted by molar-refractivity contribution is 0.0690. The van der Waals surface area contributed by atoms with Crippen LogP contribution in [0.2, 0.25) is 10.0 Å². The van der Waals surface area contributed by atoms with Crippen LogP contribution in [0.25, 0.3) is 0 Å². The number of carbonyl (C=O) groups is 2. The largest absolute Gasteiger partial charge is 0.477 e. The fourth-order valence-electron chi connectivity index (χ4n) is 1.50. The van der Waals surface area contributed by atoms with Gasteiger partial charge in [-0.15, -0.1) is 0 Å². The molecular weight excluding hydrogens is 322 g/mol. The van der Waals surface area contributed by atoms with Crippen molar-refractivity contribution in [2.75, 3.05) is 5.32 Å². The number of aromatic carboxylic acids is 1. The first-order chi connectivity index (χ1) is 9.88.